The van der Waals surface area contributed by atoms with E-state index in [0.717, 1.165) is 0 Å². The van der Waals surface area contributed by atoms with Gasteiger partial charge in [-0.2, -0.15) is 0 Å². The van der Waals surface area contributed by atoms with Crippen LogP contribution in [-0.2, 0) is 61.3 Å². The molecule has 0 heterocycles. The molecule has 0 aliphatic rings. The molecule has 0 rings (SSSR count). The fraction of sp³-hybridized carbons (Fsp3) is 0.875. The molecule has 12 atom stereocenters. The van der Waals surface area contributed by atoms with Gasteiger partial charge in [-0.3, -0.25) is 0 Å². The van der Waals surface area contributed by atoms with Gasteiger partial charge in [0.2, 0.25) is 0 Å². The number of aliphatic hydroxyl groups is 12. The van der Waals surface area contributed by atoms with E-state index in [0.29, 0.717) is 0 Å². The smallest absolute Gasteiger partial charge is 0.547 e. The monoisotopic (exact) mass is 758 g/mol. The van der Waals surface area contributed by atoms with Crippen molar-refractivity contribution >= 4 is 17.9 Å². The van der Waals surface area contributed by atoms with E-state index >= 15 is 0 Å². The second-order valence-electron chi connectivity index (χ2n) is 8.78. The van der Waals surface area contributed by atoms with Crippen molar-refractivity contribution in [3.8, 4) is 0 Å². The van der Waals surface area contributed by atoms with Crippen molar-refractivity contribution in [1.82, 2.24) is 0 Å². The molecule has 21 nitrogen and oxygen atoms in total. The fourth-order valence-corrected chi connectivity index (χ4v) is 3.00. The van der Waals surface area contributed by atoms with Crippen LogP contribution < -0.4 is 15.3 Å². The predicted molar refractivity (Wildman–Crippen MR) is 137 cm³/mol. The molecule has 0 aliphatic carbocycles. The molecule has 0 aromatic carbocycles. The molecule has 0 radical (unpaired) electrons. The molecule has 0 aliphatic heterocycles. The van der Waals surface area contributed by atoms with Crippen LogP contribution in [0.15, 0.2) is 0 Å². The number of hydrogen-bond acceptors (Lipinski definition) is 21. The third kappa shape index (κ3) is 19.7. The second kappa shape index (κ2) is 28.9. The van der Waals surface area contributed by atoms with E-state index in [1.807, 2.05) is 0 Å². The Hall–Kier alpha value is -1.09. The standard InChI is InChI=1S/3C8H16O7.Y/c3*1-2-15-7(8(13)14)6(12)5(11)4(10)3-9;/h3*4-7,9-12H,2-3H2,1H3,(H,13,14);/q;;;+3/p-3. The first-order chi connectivity index (χ1) is 20.9. The fourth-order valence-electron chi connectivity index (χ4n) is 3.00. The van der Waals surface area contributed by atoms with E-state index in [4.69, 9.17) is 30.6 Å². The van der Waals surface area contributed by atoms with Crippen LogP contribution in [-0.4, -0.2) is 192 Å². The van der Waals surface area contributed by atoms with Crippen molar-refractivity contribution in [1.29, 1.82) is 0 Å². The zero-order valence-electron chi connectivity index (χ0n) is 25.3. The van der Waals surface area contributed by atoms with Gasteiger partial charge in [0.25, 0.3) is 0 Å². The molecule has 0 saturated carbocycles. The minimum Gasteiger partial charge on any atom is -0.547 e. The van der Waals surface area contributed by atoms with Gasteiger partial charge in [0.05, 0.1) is 37.7 Å². The van der Waals surface area contributed by atoms with Gasteiger partial charge in [-0.25, -0.2) is 0 Å². The summed E-state index contributed by atoms with van der Waals surface area (Å²) in [5, 5.41) is 139. The van der Waals surface area contributed by atoms with E-state index < -0.39 is 111 Å². The van der Waals surface area contributed by atoms with E-state index in [1.165, 1.54) is 20.8 Å². The molecule has 12 N–H and O–H groups in total. The maximum Gasteiger partial charge on any atom is 3.00 e. The molecular weight excluding hydrogens is 713 g/mol. The number of ether oxygens (including phenoxy) is 3. The van der Waals surface area contributed by atoms with Gasteiger partial charge in [-0.15, -0.1) is 0 Å². The summed E-state index contributed by atoms with van der Waals surface area (Å²) in [6, 6.07) is 0. The number of carboxylic acids is 3. The summed E-state index contributed by atoms with van der Waals surface area (Å²) in [4.78, 5) is 31.5. The van der Waals surface area contributed by atoms with Crippen molar-refractivity contribution in [2.75, 3.05) is 39.6 Å². The maximum absolute atomic E-state index is 10.5. The Labute approximate surface area is 288 Å². The van der Waals surface area contributed by atoms with Gasteiger partial charge in [0.1, 0.15) is 73.2 Å². The molecular formula is C24H45O21Y. The zero-order valence-corrected chi connectivity index (χ0v) is 28.1. The van der Waals surface area contributed by atoms with Crippen LogP contribution in [0.5, 0.6) is 0 Å². The van der Waals surface area contributed by atoms with Gasteiger partial charge in [-0.05, 0) is 20.8 Å². The van der Waals surface area contributed by atoms with Crippen LogP contribution in [0, 0.1) is 0 Å². The van der Waals surface area contributed by atoms with Crippen molar-refractivity contribution in [2.45, 2.75) is 94.0 Å². The number of carbonyl (C=O) groups excluding carboxylic acids is 3. The number of hydrogen-bond donors (Lipinski definition) is 12. The summed E-state index contributed by atoms with van der Waals surface area (Å²) in [5.74, 6) is -5.10. The summed E-state index contributed by atoms with van der Waals surface area (Å²) in [7, 11) is 0. The number of rotatable bonds is 21. The zero-order chi connectivity index (χ0) is 36.0. The minimum absolute atomic E-state index is 0. The Bertz CT molecular complexity index is 693. The predicted octanol–water partition coefficient (Wildman–Crippen LogP) is -11.4. The van der Waals surface area contributed by atoms with Gasteiger partial charge < -0.3 is 105 Å². The molecule has 0 bridgehead atoms. The van der Waals surface area contributed by atoms with E-state index in [1.54, 1.807) is 0 Å². The van der Waals surface area contributed by atoms with Gasteiger partial charge >= 0.3 is 32.7 Å². The minimum atomic E-state index is -1.86. The second-order valence-corrected chi connectivity index (χ2v) is 8.78. The van der Waals surface area contributed by atoms with Gasteiger partial charge in [-0.1, -0.05) is 0 Å². The Morgan fingerprint density at radius 3 is 0.739 bits per heavy atom. The first kappa shape index (κ1) is 51.7. The molecule has 0 amide bonds. The van der Waals surface area contributed by atoms with Crippen molar-refractivity contribution in [3.63, 3.8) is 0 Å². The quantitative estimate of drug-likeness (QED) is 0.0517. The number of carboxylic acid groups (broad SMARTS) is 3. The number of aliphatic carboxylic acids is 3. The van der Waals surface area contributed by atoms with Crippen LogP contribution in [0.4, 0.5) is 0 Å². The largest absolute Gasteiger partial charge is 3.00 e. The molecule has 12 unspecified atom stereocenters. The van der Waals surface area contributed by atoms with E-state index in [-0.39, 0.29) is 52.5 Å². The van der Waals surface area contributed by atoms with E-state index in [2.05, 4.69) is 14.2 Å². The average Bonchev–Trinajstić information content (AvgIpc) is 3.01. The van der Waals surface area contributed by atoms with Crippen LogP contribution in [0.25, 0.3) is 0 Å². The van der Waals surface area contributed by atoms with Crippen molar-refractivity contribution in [2.24, 2.45) is 0 Å². The summed E-state index contributed by atoms with van der Waals surface area (Å²) in [6.07, 6.45) is -21.2. The normalized spacial score (nSPS) is 18.8. The third-order valence-corrected chi connectivity index (χ3v) is 5.46. The van der Waals surface area contributed by atoms with Crippen molar-refractivity contribution < 1.29 is 138 Å². The molecule has 0 fully saturated rings. The molecule has 46 heavy (non-hydrogen) atoms. The Morgan fingerprint density at radius 2 is 0.630 bits per heavy atom. The summed E-state index contributed by atoms with van der Waals surface area (Å²) in [5.41, 5.74) is 0. The molecule has 0 aromatic heterocycles. The van der Waals surface area contributed by atoms with Crippen molar-refractivity contribution in [3.05, 3.63) is 0 Å². The summed E-state index contributed by atoms with van der Waals surface area (Å²) in [6.45, 7) is 2.08. The SMILES string of the molecule is CCOC(C(=O)[O-])C(O)C(O)C(O)CO.CCOC(C(=O)[O-])C(O)C(O)C(O)CO.CCOC(C(=O)[O-])C(O)C(O)C(O)CO.[Y+3]. The summed E-state index contributed by atoms with van der Waals surface area (Å²) < 4.78 is 13.8. The van der Waals surface area contributed by atoms with Crippen LogP contribution in [0.2, 0.25) is 0 Å². The molecule has 0 saturated heterocycles. The maximum atomic E-state index is 10.5. The molecule has 0 aromatic rings. The third-order valence-electron chi connectivity index (χ3n) is 5.46. The van der Waals surface area contributed by atoms with E-state index in [9.17, 15) is 60.3 Å². The Morgan fingerprint density at radius 1 is 0.457 bits per heavy atom. The van der Waals surface area contributed by atoms with Gasteiger partial charge in [0.15, 0.2) is 0 Å². The number of aliphatic hydroxyl groups excluding tert-OH is 12. The molecule has 270 valence electrons. The Kier molecular flexibility index (Phi) is 32.5. The van der Waals surface area contributed by atoms with Crippen LogP contribution in [0.1, 0.15) is 20.8 Å². The number of carbonyl (C=O) groups is 3. The summed E-state index contributed by atoms with van der Waals surface area (Å²) >= 11 is 0. The van der Waals surface area contributed by atoms with Gasteiger partial charge in [0, 0.05) is 19.8 Å². The first-order valence-electron chi connectivity index (χ1n) is 13.3. The first-order valence-corrected chi connectivity index (χ1v) is 13.3. The molecule has 22 heteroatoms. The van der Waals surface area contributed by atoms with Crippen LogP contribution in [0.3, 0.4) is 0 Å². The topological polar surface area (TPSA) is 391 Å². The Balaban J connectivity index is -0.000000285. The molecule has 0 spiro atoms. The average molecular weight is 759 g/mol. The van der Waals surface area contributed by atoms with Crippen LogP contribution >= 0.6 is 0 Å².